The lowest BCUT2D eigenvalue weighted by atomic mass is 10.1. The van der Waals surface area contributed by atoms with E-state index in [1.807, 2.05) is 0 Å². The normalized spacial score (nSPS) is 10.9. The summed E-state index contributed by atoms with van der Waals surface area (Å²) in [7, 11) is 0. The monoisotopic (exact) mass is 226 g/mol. The van der Waals surface area contributed by atoms with Crippen LogP contribution >= 0.6 is 0 Å². The molecule has 0 saturated heterocycles. The quantitative estimate of drug-likeness (QED) is 0.464. The number of nitrogens with zero attached hydrogens (tertiary/aromatic N) is 1. The number of hydrogen-bond acceptors (Lipinski definition) is 4. The van der Waals surface area contributed by atoms with Gasteiger partial charge in [0.25, 0.3) is 5.69 Å². The molecule has 1 rings (SSSR count). The third-order valence-electron chi connectivity index (χ3n) is 1.95. The van der Waals surface area contributed by atoms with Crippen molar-refractivity contribution in [2.24, 2.45) is 0 Å². The molecule has 0 unspecified atom stereocenters. The van der Waals surface area contributed by atoms with E-state index in [2.05, 4.69) is 0 Å². The minimum absolute atomic E-state index is 0.0478. The van der Waals surface area contributed by atoms with Crippen molar-refractivity contribution in [3.05, 3.63) is 39.7 Å². The van der Waals surface area contributed by atoms with E-state index in [1.54, 1.807) is 6.08 Å². The fraction of sp³-hybridized carbons (Fsp3) is 0.200. The van der Waals surface area contributed by atoms with Crippen molar-refractivity contribution in [1.29, 1.82) is 0 Å². The van der Waals surface area contributed by atoms with Gasteiger partial charge in [-0.05, 0) is 6.42 Å². The maximum Gasteiger partial charge on any atom is 0.273 e. The van der Waals surface area contributed by atoms with Gasteiger partial charge in [0.2, 0.25) is 0 Å². The zero-order valence-corrected chi connectivity index (χ0v) is 8.39. The third kappa shape index (κ3) is 2.77. The SMILES string of the molecule is Nc1c(F)cc([N+](=O)[O-])cc1C=CCCO. The van der Waals surface area contributed by atoms with E-state index in [4.69, 9.17) is 10.8 Å². The second-order valence-electron chi connectivity index (χ2n) is 3.10. The van der Waals surface area contributed by atoms with Gasteiger partial charge in [0, 0.05) is 18.2 Å². The van der Waals surface area contributed by atoms with Gasteiger partial charge >= 0.3 is 0 Å². The Hall–Kier alpha value is -1.95. The summed E-state index contributed by atoms with van der Waals surface area (Å²) in [4.78, 5) is 9.79. The van der Waals surface area contributed by atoms with Gasteiger partial charge in [-0.2, -0.15) is 0 Å². The molecule has 0 atom stereocenters. The number of hydrogen-bond donors (Lipinski definition) is 2. The Balaban J connectivity index is 3.11. The summed E-state index contributed by atoms with van der Waals surface area (Å²) in [5.41, 5.74) is 5.17. The molecule has 3 N–H and O–H groups in total. The number of aliphatic hydroxyl groups excluding tert-OH is 1. The molecule has 5 nitrogen and oxygen atoms in total. The Morgan fingerprint density at radius 1 is 1.56 bits per heavy atom. The number of halogens is 1. The number of aliphatic hydroxyl groups is 1. The number of nitro groups is 1. The van der Waals surface area contributed by atoms with Crippen LogP contribution in [0.25, 0.3) is 6.08 Å². The standard InChI is InChI=1S/C10H11FN2O3/c11-9-6-8(13(15)16)5-7(10(9)12)3-1-2-4-14/h1,3,5-6,14H,2,4,12H2. The van der Waals surface area contributed by atoms with E-state index in [1.165, 1.54) is 12.1 Å². The van der Waals surface area contributed by atoms with Crippen LogP contribution in [-0.2, 0) is 0 Å². The number of non-ortho nitro benzene ring substituents is 1. The lowest BCUT2D eigenvalue weighted by Gasteiger charge is -2.02. The van der Waals surface area contributed by atoms with Crippen LogP contribution in [0.15, 0.2) is 18.2 Å². The molecule has 0 aliphatic carbocycles. The summed E-state index contributed by atoms with van der Waals surface area (Å²) in [5, 5.41) is 19.0. The molecule has 0 aromatic heterocycles. The molecule has 0 aliphatic rings. The number of nitro benzene ring substituents is 1. The molecular weight excluding hydrogens is 215 g/mol. The topological polar surface area (TPSA) is 89.4 Å². The molecule has 0 radical (unpaired) electrons. The molecular formula is C10H11FN2O3. The van der Waals surface area contributed by atoms with Crippen molar-refractivity contribution in [2.45, 2.75) is 6.42 Å². The van der Waals surface area contributed by atoms with Gasteiger partial charge in [-0.3, -0.25) is 10.1 Å². The van der Waals surface area contributed by atoms with Crippen LogP contribution < -0.4 is 5.73 Å². The minimum Gasteiger partial charge on any atom is -0.396 e. The highest BCUT2D eigenvalue weighted by Crippen LogP contribution is 2.24. The van der Waals surface area contributed by atoms with Crippen molar-refractivity contribution in [3.63, 3.8) is 0 Å². The number of benzene rings is 1. The zero-order valence-electron chi connectivity index (χ0n) is 8.39. The van der Waals surface area contributed by atoms with E-state index >= 15 is 0 Å². The van der Waals surface area contributed by atoms with Crippen LogP contribution in [0, 0.1) is 15.9 Å². The van der Waals surface area contributed by atoms with Crippen LogP contribution in [0.4, 0.5) is 15.8 Å². The summed E-state index contributed by atoms with van der Waals surface area (Å²) in [5.74, 6) is -0.821. The third-order valence-corrected chi connectivity index (χ3v) is 1.95. The van der Waals surface area contributed by atoms with E-state index < -0.39 is 10.7 Å². The number of anilines is 1. The maximum atomic E-state index is 13.2. The van der Waals surface area contributed by atoms with Crippen LogP contribution in [0.3, 0.4) is 0 Å². The highest BCUT2D eigenvalue weighted by molar-refractivity contribution is 5.67. The highest BCUT2D eigenvalue weighted by atomic mass is 19.1. The molecule has 0 heterocycles. The summed E-state index contributed by atoms with van der Waals surface area (Å²) in [6, 6.07) is 1.96. The largest absolute Gasteiger partial charge is 0.396 e. The van der Waals surface area contributed by atoms with Crippen LogP contribution in [0.2, 0.25) is 0 Å². The Morgan fingerprint density at radius 2 is 2.25 bits per heavy atom. The molecule has 0 spiro atoms. The van der Waals surface area contributed by atoms with Crippen molar-refractivity contribution < 1.29 is 14.4 Å². The maximum absolute atomic E-state index is 13.2. The van der Waals surface area contributed by atoms with Crippen LogP contribution in [0.5, 0.6) is 0 Å². The van der Waals surface area contributed by atoms with Crippen molar-refractivity contribution in [1.82, 2.24) is 0 Å². The van der Waals surface area contributed by atoms with Crippen molar-refractivity contribution >= 4 is 17.5 Å². The zero-order chi connectivity index (χ0) is 12.1. The molecule has 0 aliphatic heterocycles. The number of rotatable bonds is 4. The molecule has 1 aromatic rings. The van der Waals surface area contributed by atoms with Gasteiger partial charge in [-0.25, -0.2) is 4.39 Å². The van der Waals surface area contributed by atoms with Crippen LogP contribution in [0.1, 0.15) is 12.0 Å². The Morgan fingerprint density at radius 3 is 2.81 bits per heavy atom. The fourth-order valence-corrected chi connectivity index (χ4v) is 1.15. The average Bonchev–Trinajstić information content (AvgIpc) is 2.24. The molecule has 0 saturated carbocycles. The average molecular weight is 226 g/mol. The first-order chi connectivity index (χ1) is 7.56. The Bertz CT molecular complexity index is 432. The van der Waals surface area contributed by atoms with Gasteiger partial charge in [-0.15, -0.1) is 0 Å². The van der Waals surface area contributed by atoms with E-state index in [0.717, 1.165) is 6.07 Å². The predicted octanol–water partition coefficient (Wildman–Crippen LogP) is 1.71. The molecule has 16 heavy (non-hydrogen) atoms. The predicted molar refractivity (Wildman–Crippen MR) is 58.2 cm³/mol. The van der Waals surface area contributed by atoms with Gasteiger partial charge in [-0.1, -0.05) is 12.2 Å². The van der Waals surface area contributed by atoms with Gasteiger partial charge in [0.15, 0.2) is 5.82 Å². The molecule has 0 fully saturated rings. The highest BCUT2D eigenvalue weighted by Gasteiger charge is 2.12. The Labute approximate surface area is 91.2 Å². The van der Waals surface area contributed by atoms with Crippen molar-refractivity contribution in [3.8, 4) is 0 Å². The molecule has 6 heteroatoms. The van der Waals surface area contributed by atoms with Gasteiger partial charge in [0.1, 0.15) is 0 Å². The summed E-state index contributed by atoms with van der Waals surface area (Å²) >= 11 is 0. The van der Waals surface area contributed by atoms with Crippen LogP contribution in [-0.4, -0.2) is 16.6 Å². The second-order valence-corrected chi connectivity index (χ2v) is 3.10. The van der Waals surface area contributed by atoms with Crippen molar-refractivity contribution in [2.75, 3.05) is 12.3 Å². The summed E-state index contributed by atoms with van der Waals surface area (Å²) in [6.07, 6.45) is 3.39. The number of nitrogens with two attached hydrogens (primary N) is 1. The minimum atomic E-state index is -0.821. The number of nitrogen functional groups attached to an aromatic ring is 1. The molecule has 1 aromatic carbocycles. The second kappa shape index (κ2) is 5.22. The molecule has 0 bridgehead atoms. The fourth-order valence-electron chi connectivity index (χ4n) is 1.15. The Kier molecular flexibility index (Phi) is 3.96. The summed E-state index contributed by atoms with van der Waals surface area (Å²) < 4.78 is 13.2. The first kappa shape index (κ1) is 12.1. The first-order valence-corrected chi connectivity index (χ1v) is 4.57. The van der Waals surface area contributed by atoms with Gasteiger partial charge < -0.3 is 10.8 Å². The lowest BCUT2D eigenvalue weighted by molar-refractivity contribution is -0.385. The molecule has 0 amide bonds. The van der Waals surface area contributed by atoms with E-state index in [-0.39, 0.29) is 23.5 Å². The molecule has 86 valence electrons. The summed E-state index contributed by atoms with van der Waals surface area (Å²) in [6.45, 7) is -0.0478. The lowest BCUT2D eigenvalue weighted by Crippen LogP contribution is -1.97. The smallest absolute Gasteiger partial charge is 0.273 e. The first-order valence-electron chi connectivity index (χ1n) is 4.57. The van der Waals surface area contributed by atoms with E-state index in [0.29, 0.717) is 6.42 Å². The van der Waals surface area contributed by atoms with Gasteiger partial charge in [0.05, 0.1) is 16.7 Å². The van der Waals surface area contributed by atoms with E-state index in [9.17, 15) is 14.5 Å².